The number of fused-ring (bicyclic) bond motifs is 1. The van der Waals surface area contributed by atoms with Gasteiger partial charge in [0.1, 0.15) is 17.7 Å². The molecule has 1 unspecified atom stereocenters. The van der Waals surface area contributed by atoms with Crippen LogP contribution >= 0.6 is 0 Å². The fraction of sp³-hybridized carbons (Fsp3) is 0.353. The zero-order chi connectivity index (χ0) is 14.8. The third-order valence-corrected chi connectivity index (χ3v) is 3.99. The van der Waals surface area contributed by atoms with Gasteiger partial charge in [0.15, 0.2) is 0 Å². The van der Waals surface area contributed by atoms with Gasteiger partial charge in [-0.05, 0) is 24.0 Å². The zero-order valence-electron chi connectivity index (χ0n) is 12.6. The number of nitrogens with one attached hydrogen (secondary N) is 1. The topological polar surface area (TPSA) is 53.6 Å². The fourth-order valence-electron chi connectivity index (χ4n) is 2.92. The molecule has 1 aromatic carbocycles. The van der Waals surface area contributed by atoms with Crippen LogP contribution in [0.3, 0.4) is 0 Å². The Balaban J connectivity index is 1.98. The molecule has 0 aliphatic carbocycles. The van der Waals surface area contributed by atoms with Crippen LogP contribution < -0.4 is 11.1 Å². The monoisotopic (exact) mass is 282 g/mol. The zero-order valence-corrected chi connectivity index (χ0v) is 12.6. The molecule has 3 rings (SSSR count). The fourth-order valence-corrected chi connectivity index (χ4v) is 2.92. The minimum absolute atomic E-state index is 0.246. The number of amidine groups is 1. The summed E-state index contributed by atoms with van der Waals surface area (Å²) >= 11 is 0. The summed E-state index contributed by atoms with van der Waals surface area (Å²) in [5.74, 6) is 0.577. The maximum absolute atomic E-state index is 6.10. The molecule has 0 amide bonds. The molecular weight excluding hydrogens is 260 g/mol. The molecule has 3 N–H and O–H groups in total. The SMILES string of the molecule is CCCc1ccc(C2=C3C(N)=NC=CN3C(CC)N2)cc1. The molecule has 0 saturated carbocycles. The van der Waals surface area contributed by atoms with Gasteiger partial charge in [0.25, 0.3) is 0 Å². The highest BCUT2D eigenvalue weighted by Crippen LogP contribution is 2.31. The van der Waals surface area contributed by atoms with E-state index in [1.165, 1.54) is 17.5 Å². The lowest BCUT2D eigenvalue weighted by atomic mass is 10.0. The first kappa shape index (κ1) is 13.7. The molecule has 2 aliphatic heterocycles. The Kier molecular flexibility index (Phi) is 3.69. The van der Waals surface area contributed by atoms with Crippen LogP contribution in [0.25, 0.3) is 5.70 Å². The number of hydrogen-bond donors (Lipinski definition) is 2. The number of aliphatic imine (C=N–C) groups is 1. The maximum Gasteiger partial charge on any atom is 0.149 e. The highest BCUT2D eigenvalue weighted by Gasteiger charge is 2.32. The van der Waals surface area contributed by atoms with Crippen LogP contribution in [-0.2, 0) is 6.42 Å². The van der Waals surface area contributed by atoms with Crippen molar-refractivity contribution in [1.29, 1.82) is 0 Å². The van der Waals surface area contributed by atoms with E-state index in [9.17, 15) is 0 Å². The molecule has 0 fully saturated rings. The minimum Gasteiger partial charge on any atom is -0.382 e. The van der Waals surface area contributed by atoms with Crippen molar-refractivity contribution in [3.05, 3.63) is 53.5 Å². The minimum atomic E-state index is 0.246. The average molecular weight is 282 g/mol. The maximum atomic E-state index is 6.10. The first-order valence-electron chi connectivity index (χ1n) is 7.63. The first-order valence-corrected chi connectivity index (χ1v) is 7.63. The molecule has 2 heterocycles. The summed E-state index contributed by atoms with van der Waals surface area (Å²) in [6.07, 6.45) is 7.29. The number of nitrogens with two attached hydrogens (primary N) is 1. The Bertz CT molecular complexity index is 610. The van der Waals surface area contributed by atoms with E-state index in [1.54, 1.807) is 6.20 Å². The van der Waals surface area contributed by atoms with Crippen molar-refractivity contribution in [2.45, 2.75) is 39.3 Å². The van der Waals surface area contributed by atoms with Crippen LogP contribution in [0.1, 0.15) is 37.8 Å². The van der Waals surface area contributed by atoms with Crippen molar-refractivity contribution in [2.24, 2.45) is 10.7 Å². The number of aryl methyl sites for hydroxylation is 1. The summed E-state index contributed by atoms with van der Waals surface area (Å²) in [4.78, 5) is 6.42. The Morgan fingerprint density at radius 2 is 2.00 bits per heavy atom. The summed E-state index contributed by atoms with van der Waals surface area (Å²) in [5.41, 5.74) is 10.7. The summed E-state index contributed by atoms with van der Waals surface area (Å²) in [6, 6.07) is 8.73. The van der Waals surface area contributed by atoms with Crippen LogP contribution in [0.2, 0.25) is 0 Å². The Morgan fingerprint density at radius 3 is 2.67 bits per heavy atom. The molecule has 4 nitrogen and oxygen atoms in total. The van der Waals surface area contributed by atoms with Crippen molar-refractivity contribution < 1.29 is 0 Å². The molecular formula is C17H22N4. The van der Waals surface area contributed by atoms with Gasteiger partial charge in [-0.25, -0.2) is 4.99 Å². The normalized spacial score (nSPS) is 20.4. The van der Waals surface area contributed by atoms with Gasteiger partial charge in [0, 0.05) is 12.4 Å². The number of nitrogens with zero attached hydrogens (tertiary/aromatic N) is 2. The van der Waals surface area contributed by atoms with E-state index in [4.69, 9.17) is 5.73 Å². The highest BCUT2D eigenvalue weighted by molar-refractivity contribution is 6.05. The molecule has 4 heteroatoms. The lowest BCUT2D eigenvalue weighted by Crippen LogP contribution is -2.36. The van der Waals surface area contributed by atoms with Crippen LogP contribution in [0.5, 0.6) is 0 Å². The Hall–Kier alpha value is -2.23. The van der Waals surface area contributed by atoms with Crippen LogP contribution in [0, 0.1) is 0 Å². The second-order valence-corrected chi connectivity index (χ2v) is 5.46. The number of benzene rings is 1. The molecule has 1 atom stereocenters. The lowest BCUT2D eigenvalue weighted by molar-refractivity contribution is 0.344. The van der Waals surface area contributed by atoms with E-state index >= 15 is 0 Å². The molecule has 0 spiro atoms. The van der Waals surface area contributed by atoms with Crippen molar-refractivity contribution in [2.75, 3.05) is 0 Å². The van der Waals surface area contributed by atoms with Crippen molar-refractivity contribution in [1.82, 2.24) is 10.2 Å². The molecule has 0 aromatic heterocycles. The largest absolute Gasteiger partial charge is 0.382 e. The predicted octanol–water partition coefficient (Wildman–Crippen LogP) is 2.79. The van der Waals surface area contributed by atoms with Gasteiger partial charge in [-0.2, -0.15) is 0 Å². The van der Waals surface area contributed by atoms with Gasteiger partial charge < -0.3 is 16.0 Å². The van der Waals surface area contributed by atoms with Crippen molar-refractivity contribution in [3.8, 4) is 0 Å². The van der Waals surface area contributed by atoms with E-state index in [0.29, 0.717) is 5.84 Å². The van der Waals surface area contributed by atoms with E-state index in [0.717, 1.165) is 24.2 Å². The van der Waals surface area contributed by atoms with Crippen molar-refractivity contribution >= 4 is 11.5 Å². The third kappa shape index (κ3) is 2.42. The summed E-state index contributed by atoms with van der Waals surface area (Å²) in [6.45, 7) is 4.37. The molecule has 110 valence electrons. The smallest absolute Gasteiger partial charge is 0.149 e. The third-order valence-electron chi connectivity index (χ3n) is 3.99. The van der Waals surface area contributed by atoms with Gasteiger partial charge >= 0.3 is 0 Å². The van der Waals surface area contributed by atoms with E-state index < -0.39 is 0 Å². The van der Waals surface area contributed by atoms with E-state index in [1.807, 2.05) is 6.20 Å². The standard InChI is InChI=1S/C17H22N4/c1-3-5-12-6-8-13(9-7-12)15-16-17(18)19-10-11-21(16)14(4-2)20-15/h6-11,14,20H,3-5H2,1-2H3,(H2,18,19). The van der Waals surface area contributed by atoms with Crippen LogP contribution in [0.4, 0.5) is 0 Å². The van der Waals surface area contributed by atoms with Gasteiger partial charge in [-0.3, -0.25) is 0 Å². The predicted molar refractivity (Wildman–Crippen MR) is 87.2 cm³/mol. The van der Waals surface area contributed by atoms with Gasteiger partial charge in [-0.1, -0.05) is 44.5 Å². The number of hydrogen-bond acceptors (Lipinski definition) is 4. The Labute approximate surface area is 126 Å². The van der Waals surface area contributed by atoms with Crippen molar-refractivity contribution in [3.63, 3.8) is 0 Å². The lowest BCUT2D eigenvalue weighted by Gasteiger charge is -2.25. The quantitative estimate of drug-likeness (QED) is 0.893. The second-order valence-electron chi connectivity index (χ2n) is 5.46. The summed E-state index contributed by atoms with van der Waals surface area (Å²) in [5, 5.41) is 3.57. The summed E-state index contributed by atoms with van der Waals surface area (Å²) < 4.78 is 0. The molecule has 1 aromatic rings. The molecule has 0 radical (unpaired) electrons. The number of rotatable bonds is 4. The second kappa shape index (κ2) is 5.64. The summed E-state index contributed by atoms with van der Waals surface area (Å²) in [7, 11) is 0. The molecule has 2 aliphatic rings. The Morgan fingerprint density at radius 1 is 1.24 bits per heavy atom. The average Bonchev–Trinajstić information content (AvgIpc) is 2.89. The highest BCUT2D eigenvalue weighted by atomic mass is 15.3. The van der Waals surface area contributed by atoms with Gasteiger partial charge in [0.2, 0.25) is 0 Å². The first-order chi connectivity index (χ1) is 10.2. The molecule has 21 heavy (non-hydrogen) atoms. The van der Waals surface area contributed by atoms with Gasteiger partial charge in [-0.15, -0.1) is 0 Å². The molecule has 0 bridgehead atoms. The van der Waals surface area contributed by atoms with Crippen LogP contribution in [-0.4, -0.2) is 16.9 Å². The van der Waals surface area contributed by atoms with E-state index in [-0.39, 0.29) is 6.17 Å². The van der Waals surface area contributed by atoms with Crippen LogP contribution in [0.15, 0.2) is 47.4 Å². The molecule has 0 saturated heterocycles. The van der Waals surface area contributed by atoms with Gasteiger partial charge in [0.05, 0.1) is 5.70 Å². The van der Waals surface area contributed by atoms with E-state index in [2.05, 4.69) is 53.3 Å².